The first kappa shape index (κ1) is 10.9. The minimum atomic E-state index is 0.105. The molecule has 0 bridgehead atoms. The summed E-state index contributed by atoms with van der Waals surface area (Å²) in [7, 11) is 1.53. The molecule has 3 nitrogen and oxygen atoms in total. The van der Waals surface area contributed by atoms with Crippen LogP contribution in [0.15, 0.2) is 6.07 Å². The van der Waals surface area contributed by atoms with Crippen molar-refractivity contribution in [2.24, 2.45) is 0 Å². The van der Waals surface area contributed by atoms with Gasteiger partial charge in [-0.15, -0.1) is 0 Å². The highest BCUT2D eigenvalue weighted by Crippen LogP contribution is 2.35. The first-order valence-corrected chi connectivity index (χ1v) is 4.58. The van der Waals surface area contributed by atoms with Gasteiger partial charge >= 0.3 is 0 Å². The molecule has 1 aromatic carbocycles. The number of ether oxygens (including phenoxy) is 1. The molecule has 78 valence electrons. The second-order valence-corrected chi connectivity index (χ2v) is 3.33. The highest BCUT2D eigenvalue weighted by atomic mass is 16.5. The third-order valence-electron chi connectivity index (χ3n) is 2.39. The number of rotatable bonds is 3. The summed E-state index contributed by atoms with van der Waals surface area (Å²) in [5.74, 6) is 0.695. The molecule has 3 heteroatoms. The van der Waals surface area contributed by atoms with Crippen molar-refractivity contribution in [1.82, 2.24) is 0 Å². The third-order valence-corrected chi connectivity index (χ3v) is 2.39. The average Bonchev–Trinajstić information content (AvgIpc) is 2.16. The minimum Gasteiger partial charge on any atom is -0.504 e. The van der Waals surface area contributed by atoms with Crippen LogP contribution >= 0.6 is 0 Å². The number of aromatic hydroxyl groups is 1. The average molecular weight is 196 g/mol. The standard InChI is InChI=1S/C11H16O3/c1-7-6-9(4-5-12)8(2)11(14-3)10(7)13/h6,12-13H,4-5H2,1-3H3. The van der Waals surface area contributed by atoms with Gasteiger partial charge in [0, 0.05) is 6.61 Å². The summed E-state index contributed by atoms with van der Waals surface area (Å²) in [5.41, 5.74) is 2.68. The first-order chi connectivity index (χ1) is 6.61. The highest BCUT2D eigenvalue weighted by Gasteiger charge is 2.12. The monoisotopic (exact) mass is 196 g/mol. The van der Waals surface area contributed by atoms with Crippen molar-refractivity contribution in [3.8, 4) is 11.5 Å². The number of benzene rings is 1. The first-order valence-electron chi connectivity index (χ1n) is 4.58. The summed E-state index contributed by atoms with van der Waals surface area (Å²) in [6.07, 6.45) is 0.587. The van der Waals surface area contributed by atoms with Crippen LogP contribution in [0.25, 0.3) is 0 Å². The van der Waals surface area contributed by atoms with Crippen molar-refractivity contribution >= 4 is 0 Å². The fraction of sp³-hybridized carbons (Fsp3) is 0.455. The van der Waals surface area contributed by atoms with Crippen molar-refractivity contribution < 1.29 is 14.9 Å². The summed E-state index contributed by atoms with van der Waals surface area (Å²) in [4.78, 5) is 0. The zero-order valence-electron chi connectivity index (χ0n) is 8.79. The Morgan fingerprint density at radius 1 is 1.36 bits per heavy atom. The van der Waals surface area contributed by atoms with Crippen LogP contribution < -0.4 is 4.74 Å². The summed E-state index contributed by atoms with van der Waals surface area (Å²) in [6, 6.07) is 1.88. The molecule has 14 heavy (non-hydrogen) atoms. The molecular formula is C11H16O3. The summed E-state index contributed by atoms with van der Waals surface area (Å²) >= 11 is 0. The molecule has 0 aliphatic rings. The molecule has 0 atom stereocenters. The Morgan fingerprint density at radius 3 is 2.50 bits per heavy atom. The van der Waals surface area contributed by atoms with E-state index >= 15 is 0 Å². The van der Waals surface area contributed by atoms with Crippen LogP contribution in [0.2, 0.25) is 0 Å². The quantitative estimate of drug-likeness (QED) is 0.771. The van der Waals surface area contributed by atoms with Gasteiger partial charge in [-0.05, 0) is 37.0 Å². The predicted molar refractivity (Wildman–Crippen MR) is 54.9 cm³/mol. The van der Waals surface area contributed by atoms with Crippen LogP contribution in [0.1, 0.15) is 16.7 Å². The number of hydrogen-bond acceptors (Lipinski definition) is 3. The van der Waals surface area contributed by atoms with E-state index in [9.17, 15) is 5.11 Å². The van der Waals surface area contributed by atoms with Crippen LogP contribution in [0.3, 0.4) is 0 Å². The maximum atomic E-state index is 9.68. The van der Waals surface area contributed by atoms with Crippen molar-refractivity contribution in [2.45, 2.75) is 20.3 Å². The second-order valence-electron chi connectivity index (χ2n) is 3.33. The van der Waals surface area contributed by atoms with Gasteiger partial charge in [0.15, 0.2) is 11.5 Å². The summed E-state index contributed by atoms with van der Waals surface area (Å²) < 4.78 is 5.11. The van der Waals surface area contributed by atoms with E-state index in [-0.39, 0.29) is 12.4 Å². The van der Waals surface area contributed by atoms with Crippen molar-refractivity contribution in [1.29, 1.82) is 0 Å². The molecule has 0 aliphatic heterocycles. The van der Waals surface area contributed by atoms with Gasteiger partial charge < -0.3 is 14.9 Å². The highest BCUT2D eigenvalue weighted by molar-refractivity contribution is 5.53. The second kappa shape index (κ2) is 4.33. The Kier molecular flexibility index (Phi) is 3.36. The number of aliphatic hydroxyl groups is 1. The van der Waals surface area contributed by atoms with Gasteiger partial charge in [0.05, 0.1) is 7.11 Å². The van der Waals surface area contributed by atoms with E-state index in [2.05, 4.69) is 0 Å². The predicted octanol–water partition coefficient (Wildman–Crippen LogP) is 1.55. The van der Waals surface area contributed by atoms with E-state index in [1.54, 1.807) is 0 Å². The fourth-order valence-electron chi connectivity index (χ4n) is 1.57. The lowest BCUT2D eigenvalue weighted by molar-refractivity contribution is 0.298. The van der Waals surface area contributed by atoms with Crippen LogP contribution in [0, 0.1) is 13.8 Å². The Hall–Kier alpha value is -1.22. The lowest BCUT2D eigenvalue weighted by Crippen LogP contribution is -1.99. The minimum absolute atomic E-state index is 0.105. The van der Waals surface area contributed by atoms with Crippen LogP contribution in [0.4, 0.5) is 0 Å². The maximum absolute atomic E-state index is 9.68. The third kappa shape index (κ3) is 1.82. The van der Waals surface area contributed by atoms with Crippen LogP contribution in [-0.4, -0.2) is 23.9 Å². The normalized spacial score (nSPS) is 10.3. The molecule has 0 amide bonds. The molecular weight excluding hydrogens is 180 g/mol. The van der Waals surface area contributed by atoms with E-state index in [0.717, 1.165) is 16.7 Å². The van der Waals surface area contributed by atoms with Gasteiger partial charge in [0.25, 0.3) is 0 Å². The van der Waals surface area contributed by atoms with Gasteiger partial charge in [-0.3, -0.25) is 0 Å². The van der Waals surface area contributed by atoms with Crippen LogP contribution in [0.5, 0.6) is 11.5 Å². The zero-order chi connectivity index (χ0) is 10.7. The van der Waals surface area contributed by atoms with Crippen molar-refractivity contribution in [3.05, 3.63) is 22.8 Å². The molecule has 0 fully saturated rings. The van der Waals surface area contributed by atoms with E-state index in [0.29, 0.717) is 12.2 Å². The fourth-order valence-corrected chi connectivity index (χ4v) is 1.57. The molecule has 0 saturated heterocycles. The maximum Gasteiger partial charge on any atom is 0.163 e. The smallest absolute Gasteiger partial charge is 0.163 e. The largest absolute Gasteiger partial charge is 0.504 e. The van der Waals surface area contributed by atoms with Gasteiger partial charge in [-0.2, -0.15) is 0 Å². The van der Waals surface area contributed by atoms with Gasteiger partial charge in [0.2, 0.25) is 0 Å². The molecule has 0 spiro atoms. The lowest BCUT2D eigenvalue weighted by atomic mass is 10.0. The van der Waals surface area contributed by atoms with Gasteiger partial charge in [0.1, 0.15) is 0 Å². The molecule has 1 rings (SSSR count). The van der Waals surface area contributed by atoms with Crippen molar-refractivity contribution in [2.75, 3.05) is 13.7 Å². The SMILES string of the molecule is COc1c(C)c(CCO)cc(C)c1O. The molecule has 0 unspecified atom stereocenters. The van der Waals surface area contributed by atoms with Gasteiger partial charge in [-0.1, -0.05) is 6.07 Å². The molecule has 0 aliphatic carbocycles. The molecule has 0 radical (unpaired) electrons. The molecule has 1 aromatic rings. The number of aliphatic hydroxyl groups excluding tert-OH is 1. The molecule has 2 N–H and O–H groups in total. The van der Waals surface area contributed by atoms with Crippen molar-refractivity contribution in [3.63, 3.8) is 0 Å². The van der Waals surface area contributed by atoms with E-state index < -0.39 is 0 Å². The zero-order valence-corrected chi connectivity index (χ0v) is 8.79. The number of phenolic OH excluding ortho intramolecular Hbond substituents is 1. The number of hydrogen-bond donors (Lipinski definition) is 2. The Labute approximate surface area is 84.0 Å². The Morgan fingerprint density at radius 2 is 2.00 bits per heavy atom. The summed E-state index contributed by atoms with van der Waals surface area (Å²) in [6.45, 7) is 3.80. The Bertz CT molecular complexity index is 332. The molecule has 0 aromatic heterocycles. The number of aryl methyl sites for hydroxylation is 1. The van der Waals surface area contributed by atoms with E-state index in [1.807, 2.05) is 19.9 Å². The number of phenols is 1. The Balaban J connectivity index is 3.27. The van der Waals surface area contributed by atoms with Gasteiger partial charge in [-0.25, -0.2) is 0 Å². The van der Waals surface area contributed by atoms with E-state index in [1.165, 1.54) is 7.11 Å². The van der Waals surface area contributed by atoms with E-state index in [4.69, 9.17) is 9.84 Å². The molecule has 0 heterocycles. The lowest BCUT2D eigenvalue weighted by Gasteiger charge is -2.13. The van der Waals surface area contributed by atoms with Crippen LogP contribution in [-0.2, 0) is 6.42 Å². The molecule has 0 saturated carbocycles. The topological polar surface area (TPSA) is 49.7 Å². The summed E-state index contributed by atoms with van der Waals surface area (Å²) in [5, 5.41) is 18.5. The number of methoxy groups -OCH3 is 1.